The summed E-state index contributed by atoms with van der Waals surface area (Å²) in [5.41, 5.74) is 8.90. The number of pyridine rings is 1. The summed E-state index contributed by atoms with van der Waals surface area (Å²) < 4.78 is 50.8. The Hall–Kier alpha value is -4.70. The molecule has 204 valence electrons. The number of carbonyl (C=O) groups is 1. The van der Waals surface area contributed by atoms with Gasteiger partial charge in [0.05, 0.1) is 18.6 Å². The number of aromatic nitrogens is 2. The Morgan fingerprint density at radius 1 is 1.05 bits per heavy atom. The number of sulfonamides is 1. The van der Waals surface area contributed by atoms with Crippen molar-refractivity contribution in [3.8, 4) is 17.0 Å². The van der Waals surface area contributed by atoms with Crippen LogP contribution in [0.2, 0.25) is 0 Å². The molecule has 0 atom stereocenters. The van der Waals surface area contributed by atoms with Crippen molar-refractivity contribution in [1.29, 1.82) is 0 Å². The van der Waals surface area contributed by atoms with Gasteiger partial charge in [-0.2, -0.15) is 0 Å². The molecule has 0 saturated heterocycles. The van der Waals surface area contributed by atoms with Crippen molar-refractivity contribution in [2.75, 3.05) is 12.8 Å². The number of ether oxygens (including phenoxy) is 1. The Balaban J connectivity index is 1.80. The molecule has 1 amide bonds. The highest BCUT2D eigenvalue weighted by Gasteiger charge is 2.30. The number of methoxy groups -OCH3 is 1. The molecule has 0 unspecified atom stereocenters. The van der Waals surface area contributed by atoms with Gasteiger partial charge in [-0.25, -0.2) is 22.5 Å². The van der Waals surface area contributed by atoms with Crippen LogP contribution in [0.15, 0.2) is 90.0 Å². The van der Waals surface area contributed by atoms with Crippen LogP contribution in [0.25, 0.3) is 22.0 Å². The lowest BCUT2D eigenvalue weighted by molar-refractivity contribution is 0.0974. The van der Waals surface area contributed by atoms with Crippen molar-refractivity contribution >= 4 is 32.5 Å². The topological polar surface area (TPSA) is 116 Å². The fourth-order valence-electron chi connectivity index (χ4n) is 4.75. The summed E-state index contributed by atoms with van der Waals surface area (Å²) in [6, 6.07) is 21.1. The average Bonchev–Trinajstić information content (AvgIpc) is 3.27. The van der Waals surface area contributed by atoms with Gasteiger partial charge in [0, 0.05) is 39.5 Å². The van der Waals surface area contributed by atoms with Crippen LogP contribution in [0.3, 0.4) is 0 Å². The van der Waals surface area contributed by atoms with Gasteiger partial charge in [0.25, 0.3) is 15.9 Å². The van der Waals surface area contributed by atoms with Crippen molar-refractivity contribution in [3.05, 3.63) is 108 Å². The molecule has 8 nitrogen and oxygen atoms in total. The molecule has 3 N–H and O–H groups in total. The van der Waals surface area contributed by atoms with Crippen LogP contribution in [-0.2, 0) is 23.0 Å². The van der Waals surface area contributed by atoms with Crippen molar-refractivity contribution in [3.63, 3.8) is 0 Å². The molecule has 2 aromatic heterocycles. The lowest BCUT2D eigenvalue weighted by Gasteiger charge is -2.15. The number of hydrogen-bond acceptors (Lipinski definition) is 6. The van der Waals surface area contributed by atoms with Crippen LogP contribution in [0.4, 0.5) is 10.1 Å². The van der Waals surface area contributed by atoms with E-state index in [1.54, 1.807) is 47.2 Å². The van der Waals surface area contributed by atoms with E-state index in [2.05, 4.69) is 9.71 Å². The van der Waals surface area contributed by atoms with Gasteiger partial charge in [0.15, 0.2) is 0 Å². The van der Waals surface area contributed by atoms with Gasteiger partial charge in [-0.1, -0.05) is 37.3 Å². The van der Waals surface area contributed by atoms with Gasteiger partial charge in [-0.05, 0) is 60.5 Å². The van der Waals surface area contributed by atoms with Gasteiger partial charge >= 0.3 is 0 Å². The van der Waals surface area contributed by atoms with Crippen molar-refractivity contribution in [2.24, 2.45) is 0 Å². The van der Waals surface area contributed by atoms with Gasteiger partial charge < -0.3 is 15.0 Å². The van der Waals surface area contributed by atoms with Crippen molar-refractivity contribution < 1.29 is 22.3 Å². The first-order valence-corrected chi connectivity index (χ1v) is 14.0. The van der Waals surface area contributed by atoms with E-state index in [1.807, 2.05) is 25.1 Å². The highest BCUT2D eigenvalue weighted by atomic mass is 32.2. The van der Waals surface area contributed by atoms with E-state index in [4.69, 9.17) is 10.5 Å². The maximum atomic E-state index is 14.9. The van der Waals surface area contributed by atoms with E-state index >= 15 is 0 Å². The van der Waals surface area contributed by atoms with Crippen LogP contribution in [-0.4, -0.2) is 31.0 Å². The fourth-order valence-corrected chi connectivity index (χ4v) is 5.75. The smallest absolute Gasteiger partial charge is 0.282 e. The number of anilines is 1. The van der Waals surface area contributed by atoms with Gasteiger partial charge in [0.2, 0.25) is 5.88 Å². The number of hydrogen-bond donors (Lipinski definition) is 2. The predicted octanol–water partition coefficient (Wildman–Crippen LogP) is 5.16. The van der Waals surface area contributed by atoms with Crippen LogP contribution in [0.5, 0.6) is 5.88 Å². The molecular formula is C30H27FN4O4S. The zero-order chi connectivity index (χ0) is 28.4. The molecule has 0 aliphatic carbocycles. The highest BCUT2D eigenvalue weighted by Crippen LogP contribution is 2.40. The zero-order valence-electron chi connectivity index (χ0n) is 21.9. The molecule has 2 heterocycles. The predicted molar refractivity (Wildman–Crippen MR) is 152 cm³/mol. The molecule has 0 spiro atoms. The molecule has 0 fully saturated rings. The minimum atomic E-state index is -4.31. The van der Waals surface area contributed by atoms with E-state index in [-0.39, 0.29) is 28.7 Å². The lowest BCUT2D eigenvalue weighted by Crippen LogP contribution is -2.32. The lowest BCUT2D eigenvalue weighted by atomic mass is 10.0. The average molecular weight is 559 g/mol. The molecule has 3 aromatic carbocycles. The Morgan fingerprint density at radius 2 is 1.85 bits per heavy atom. The number of nitrogens with zero attached hydrogens (tertiary/aromatic N) is 2. The first kappa shape index (κ1) is 26.9. The molecule has 0 bridgehead atoms. The summed E-state index contributed by atoms with van der Waals surface area (Å²) in [5.74, 6) is -1.09. The Kier molecular flexibility index (Phi) is 7.27. The first-order valence-electron chi connectivity index (χ1n) is 12.5. The number of nitrogens with two attached hydrogens (primary N) is 1. The van der Waals surface area contributed by atoms with Crippen LogP contribution in [0.1, 0.15) is 28.5 Å². The molecule has 10 heteroatoms. The third-order valence-corrected chi connectivity index (χ3v) is 8.00. The minimum Gasteiger partial charge on any atom is -0.481 e. The van der Waals surface area contributed by atoms with E-state index in [0.717, 1.165) is 12.0 Å². The minimum absolute atomic E-state index is 0.0188. The SMILES string of the molecule is CCc1ccc2c(c1)c(-c1cccnc1OC)c(C(=O)NS(=O)(=O)c1cccc(N)c1)n2Cc1ccccc1F. The second kappa shape index (κ2) is 10.8. The monoisotopic (exact) mass is 558 g/mol. The number of nitrogen functional groups attached to an aromatic ring is 1. The molecular weight excluding hydrogens is 531 g/mol. The fraction of sp³-hybridized carbons (Fsp3) is 0.133. The second-order valence-electron chi connectivity index (χ2n) is 9.17. The van der Waals surface area contributed by atoms with Crippen LogP contribution >= 0.6 is 0 Å². The highest BCUT2D eigenvalue weighted by molar-refractivity contribution is 7.90. The molecule has 0 aliphatic heterocycles. The Morgan fingerprint density at radius 3 is 2.58 bits per heavy atom. The summed E-state index contributed by atoms with van der Waals surface area (Å²) in [5, 5.41) is 0.675. The normalized spacial score (nSPS) is 11.5. The Bertz CT molecular complexity index is 1850. The van der Waals surface area contributed by atoms with E-state index < -0.39 is 21.7 Å². The van der Waals surface area contributed by atoms with E-state index in [0.29, 0.717) is 27.6 Å². The summed E-state index contributed by atoms with van der Waals surface area (Å²) >= 11 is 0. The summed E-state index contributed by atoms with van der Waals surface area (Å²) in [6.07, 6.45) is 2.28. The third kappa shape index (κ3) is 5.01. The number of benzene rings is 3. The quantitative estimate of drug-likeness (QED) is 0.254. The maximum Gasteiger partial charge on any atom is 0.282 e. The number of amides is 1. The van der Waals surface area contributed by atoms with Crippen LogP contribution < -0.4 is 15.2 Å². The summed E-state index contributed by atoms with van der Waals surface area (Å²) in [6.45, 7) is 1.98. The zero-order valence-corrected chi connectivity index (χ0v) is 22.7. The van der Waals surface area contributed by atoms with Crippen LogP contribution in [0, 0.1) is 5.82 Å². The number of fused-ring (bicyclic) bond motifs is 1. The van der Waals surface area contributed by atoms with Gasteiger partial charge in [0.1, 0.15) is 11.5 Å². The molecule has 5 rings (SSSR count). The maximum absolute atomic E-state index is 14.9. The number of rotatable bonds is 8. The number of halogens is 1. The third-order valence-electron chi connectivity index (χ3n) is 6.67. The van der Waals surface area contributed by atoms with E-state index in [1.165, 1.54) is 31.4 Å². The first-order chi connectivity index (χ1) is 19.2. The van der Waals surface area contributed by atoms with Gasteiger partial charge in [-0.15, -0.1) is 0 Å². The van der Waals surface area contributed by atoms with Crippen molar-refractivity contribution in [1.82, 2.24) is 14.3 Å². The standard InChI is InChI=1S/C30H27FN4O4S/c1-3-19-13-14-26-24(16-19)27(23-11-7-15-33-30(23)39-2)28(35(26)18-20-8-4-5-12-25(20)31)29(36)34-40(37,38)22-10-6-9-21(32)17-22/h4-17H,3,18,32H2,1-2H3,(H,34,36). The number of carbonyl (C=O) groups excluding carboxylic acids is 1. The van der Waals surface area contributed by atoms with Crippen molar-refractivity contribution in [2.45, 2.75) is 24.8 Å². The molecule has 5 aromatic rings. The second-order valence-corrected chi connectivity index (χ2v) is 10.9. The summed E-state index contributed by atoms with van der Waals surface area (Å²) in [4.78, 5) is 18.2. The number of aryl methyl sites for hydroxylation is 1. The number of nitrogens with one attached hydrogen (secondary N) is 1. The molecule has 0 radical (unpaired) electrons. The molecule has 40 heavy (non-hydrogen) atoms. The summed E-state index contributed by atoms with van der Waals surface area (Å²) in [7, 11) is -2.84. The van der Waals surface area contributed by atoms with Gasteiger partial charge in [-0.3, -0.25) is 4.79 Å². The largest absolute Gasteiger partial charge is 0.481 e. The molecule has 0 aliphatic rings. The molecule has 0 saturated carbocycles. The Labute approximate surface area is 231 Å². The van der Waals surface area contributed by atoms with E-state index in [9.17, 15) is 17.6 Å².